The maximum absolute atomic E-state index is 5.57. The molecule has 0 radical (unpaired) electrons. The summed E-state index contributed by atoms with van der Waals surface area (Å²) in [6, 6.07) is 0. The number of nitrogens with zero attached hydrogens (tertiary/aromatic N) is 3. The Hall–Kier alpha value is -0.430. The first-order valence-electron chi connectivity index (χ1n) is 5.06. The lowest BCUT2D eigenvalue weighted by Crippen LogP contribution is -2.29. The zero-order valence-electron chi connectivity index (χ0n) is 8.69. The largest absolute Gasteiger partial charge is 0.376 e. The Balaban J connectivity index is 1.94. The van der Waals surface area contributed by atoms with Crippen LogP contribution in [-0.2, 0) is 4.74 Å². The van der Waals surface area contributed by atoms with Crippen LogP contribution in [0, 0.1) is 3.57 Å². The summed E-state index contributed by atoms with van der Waals surface area (Å²) in [5, 5.41) is 0. The van der Waals surface area contributed by atoms with E-state index in [0.717, 1.165) is 29.1 Å². The van der Waals surface area contributed by atoms with Crippen molar-refractivity contribution in [2.24, 2.45) is 0 Å². The van der Waals surface area contributed by atoms with E-state index in [1.54, 1.807) is 0 Å². The predicted molar refractivity (Wildman–Crippen MR) is 67.0 cm³/mol. The van der Waals surface area contributed by atoms with Gasteiger partial charge in [0.1, 0.15) is 0 Å². The summed E-state index contributed by atoms with van der Waals surface area (Å²) in [5.41, 5.74) is 0. The monoisotopic (exact) mass is 319 g/mol. The van der Waals surface area contributed by atoms with Crippen LogP contribution in [0.2, 0.25) is 0 Å². The molecule has 2 heterocycles. The lowest BCUT2D eigenvalue weighted by Gasteiger charge is -2.20. The van der Waals surface area contributed by atoms with Crippen molar-refractivity contribution in [3.63, 3.8) is 0 Å². The molecule has 1 atom stereocenters. The smallest absolute Gasteiger partial charge is 0.225 e. The molecule has 1 aliphatic rings. The number of rotatable bonds is 3. The maximum Gasteiger partial charge on any atom is 0.225 e. The van der Waals surface area contributed by atoms with Crippen LogP contribution in [-0.4, -0.2) is 36.3 Å². The van der Waals surface area contributed by atoms with E-state index in [9.17, 15) is 0 Å². The second-order valence-corrected chi connectivity index (χ2v) is 4.96. The molecule has 1 aliphatic heterocycles. The Morgan fingerprint density at radius 1 is 1.53 bits per heavy atom. The second-order valence-electron chi connectivity index (χ2n) is 3.72. The molecule has 1 saturated heterocycles. The number of likely N-dealkylation sites (N-methyl/N-ethyl adjacent to an activating group) is 1. The zero-order chi connectivity index (χ0) is 10.7. The summed E-state index contributed by atoms with van der Waals surface area (Å²) >= 11 is 2.20. The molecule has 82 valence electrons. The normalized spacial score (nSPS) is 20.5. The molecule has 0 aromatic carbocycles. The van der Waals surface area contributed by atoms with E-state index < -0.39 is 0 Å². The summed E-state index contributed by atoms with van der Waals surface area (Å²) in [6.07, 6.45) is 6.32. The highest BCUT2D eigenvalue weighted by Gasteiger charge is 2.18. The van der Waals surface area contributed by atoms with E-state index in [-0.39, 0.29) is 0 Å². The van der Waals surface area contributed by atoms with Gasteiger partial charge in [-0.1, -0.05) is 0 Å². The molecule has 1 unspecified atom stereocenters. The Morgan fingerprint density at radius 2 is 2.27 bits per heavy atom. The third-order valence-corrected chi connectivity index (χ3v) is 3.01. The molecule has 15 heavy (non-hydrogen) atoms. The molecule has 0 aliphatic carbocycles. The Kier molecular flexibility index (Phi) is 3.74. The fourth-order valence-electron chi connectivity index (χ4n) is 1.68. The maximum atomic E-state index is 5.57. The lowest BCUT2D eigenvalue weighted by atomic mass is 10.2. The quantitative estimate of drug-likeness (QED) is 0.795. The molecule has 5 heteroatoms. The van der Waals surface area contributed by atoms with E-state index in [1.165, 1.54) is 6.42 Å². The van der Waals surface area contributed by atoms with Gasteiger partial charge in [-0.3, -0.25) is 0 Å². The second kappa shape index (κ2) is 5.07. The molecule has 0 spiro atoms. The average Bonchev–Trinajstić information content (AvgIpc) is 2.71. The van der Waals surface area contributed by atoms with E-state index in [4.69, 9.17) is 4.74 Å². The van der Waals surface area contributed by atoms with Gasteiger partial charge >= 0.3 is 0 Å². The van der Waals surface area contributed by atoms with Crippen molar-refractivity contribution < 1.29 is 4.74 Å². The van der Waals surface area contributed by atoms with E-state index >= 15 is 0 Å². The van der Waals surface area contributed by atoms with Crippen molar-refractivity contribution in [1.82, 2.24) is 9.97 Å². The molecule has 0 bridgehead atoms. The van der Waals surface area contributed by atoms with E-state index in [1.807, 2.05) is 24.3 Å². The molecule has 0 amide bonds. The van der Waals surface area contributed by atoms with E-state index in [0.29, 0.717) is 6.10 Å². The minimum Gasteiger partial charge on any atom is -0.376 e. The van der Waals surface area contributed by atoms with Crippen LogP contribution in [0.25, 0.3) is 0 Å². The van der Waals surface area contributed by atoms with Crippen LogP contribution < -0.4 is 4.90 Å². The molecule has 0 N–H and O–H groups in total. The first kappa shape index (κ1) is 11.1. The standard InChI is InChI=1S/C10H14IN3O/c1-14(7-9-3-2-4-15-9)10-12-5-8(11)6-13-10/h5-6,9H,2-4,7H2,1H3. The number of hydrogen-bond donors (Lipinski definition) is 0. The summed E-state index contributed by atoms with van der Waals surface area (Å²) < 4.78 is 6.63. The SMILES string of the molecule is CN(CC1CCCO1)c1ncc(I)cn1. The minimum absolute atomic E-state index is 0.345. The number of halogens is 1. The van der Waals surface area contributed by atoms with Gasteiger partial charge in [-0.2, -0.15) is 0 Å². The molecule has 2 rings (SSSR count). The van der Waals surface area contributed by atoms with Crippen LogP contribution in [0.5, 0.6) is 0 Å². The number of anilines is 1. The van der Waals surface area contributed by atoms with Gasteiger partial charge < -0.3 is 9.64 Å². The van der Waals surface area contributed by atoms with Gasteiger partial charge in [-0.25, -0.2) is 9.97 Å². The minimum atomic E-state index is 0.345. The van der Waals surface area contributed by atoms with Gasteiger partial charge in [0.15, 0.2) is 0 Å². The zero-order valence-corrected chi connectivity index (χ0v) is 10.8. The topological polar surface area (TPSA) is 38.2 Å². The fraction of sp³-hybridized carbons (Fsp3) is 0.600. The molecule has 1 aromatic rings. The van der Waals surface area contributed by atoms with Crippen LogP contribution in [0.3, 0.4) is 0 Å². The first-order chi connectivity index (χ1) is 7.25. The van der Waals surface area contributed by atoms with Gasteiger partial charge in [0.2, 0.25) is 5.95 Å². The third kappa shape index (κ3) is 3.01. The summed E-state index contributed by atoms with van der Waals surface area (Å²) in [5.74, 6) is 0.769. The highest BCUT2D eigenvalue weighted by atomic mass is 127. The number of aromatic nitrogens is 2. The van der Waals surface area contributed by atoms with Crippen molar-refractivity contribution in [3.8, 4) is 0 Å². The van der Waals surface area contributed by atoms with E-state index in [2.05, 4.69) is 32.6 Å². The van der Waals surface area contributed by atoms with Crippen molar-refractivity contribution >= 4 is 28.5 Å². The summed E-state index contributed by atoms with van der Waals surface area (Å²) in [6.45, 7) is 1.77. The van der Waals surface area contributed by atoms with Crippen molar-refractivity contribution in [2.75, 3.05) is 25.1 Å². The van der Waals surface area contributed by atoms with Crippen LogP contribution in [0.15, 0.2) is 12.4 Å². The first-order valence-corrected chi connectivity index (χ1v) is 6.14. The van der Waals surface area contributed by atoms with Crippen LogP contribution >= 0.6 is 22.6 Å². The summed E-state index contributed by atoms with van der Waals surface area (Å²) in [7, 11) is 2.00. The summed E-state index contributed by atoms with van der Waals surface area (Å²) in [4.78, 5) is 10.6. The fourth-order valence-corrected chi connectivity index (χ4v) is 1.96. The van der Waals surface area contributed by atoms with Gasteiger partial charge in [0, 0.05) is 36.2 Å². The Bertz CT molecular complexity index is 311. The Labute approximate surface area is 103 Å². The number of ether oxygens (including phenoxy) is 1. The van der Waals surface area contributed by atoms with Crippen LogP contribution in [0.1, 0.15) is 12.8 Å². The lowest BCUT2D eigenvalue weighted by molar-refractivity contribution is 0.116. The predicted octanol–water partition coefficient (Wildman–Crippen LogP) is 1.70. The molecular formula is C10H14IN3O. The average molecular weight is 319 g/mol. The molecular weight excluding hydrogens is 305 g/mol. The molecule has 1 aromatic heterocycles. The van der Waals surface area contributed by atoms with Gasteiger partial charge in [-0.15, -0.1) is 0 Å². The highest BCUT2D eigenvalue weighted by molar-refractivity contribution is 14.1. The highest BCUT2D eigenvalue weighted by Crippen LogP contribution is 2.15. The molecule has 0 saturated carbocycles. The number of hydrogen-bond acceptors (Lipinski definition) is 4. The van der Waals surface area contributed by atoms with Gasteiger partial charge in [0.25, 0.3) is 0 Å². The molecule has 1 fully saturated rings. The van der Waals surface area contributed by atoms with Crippen molar-refractivity contribution in [1.29, 1.82) is 0 Å². The third-order valence-electron chi connectivity index (χ3n) is 2.45. The van der Waals surface area contributed by atoms with Crippen LogP contribution in [0.4, 0.5) is 5.95 Å². The molecule has 4 nitrogen and oxygen atoms in total. The van der Waals surface area contributed by atoms with Gasteiger partial charge in [-0.05, 0) is 35.4 Å². The van der Waals surface area contributed by atoms with Crippen molar-refractivity contribution in [2.45, 2.75) is 18.9 Å². The van der Waals surface area contributed by atoms with Gasteiger partial charge in [0.05, 0.1) is 6.10 Å². The Morgan fingerprint density at radius 3 is 2.87 bits per heavy atom. The van der Waals surface area contributed by atoms with Crippen molar-refractivity contribution in [3.05, 3.63) is 16.0 Å².